The minimum atomic E-state index is 0.216. The number of nitrogens with zero attached hydrogens (tertiary/aromatic N) is 1. The minimum Gasteiger partial charge on any atom is -0.337 e. The monoisotopic (exact) mass is 210 g/mol. The molecule has 14 heavy (non-hydrogen) atoms. The molecule has 0 aliphatic carbocycles. The highest BCUT2D eigenvalue weighted by Crippen LogP contribution is 2.10. The van der Waals surface area contributed by atoms with Crippen LogP contribution < -0.4 is 5.32 Å². The highest BCUT2D eigenvalue weighted by atomic mass is 32.1. The van der Waals surface area contributed by atoms with Crippen LogP contribution in [0.25, 0.3) is 0 Å². The van der Waals surface area contributed by atoms with Crippen molar-refractivity contribution in [3.63, 3.8) is 0 Å². The number of amides is 1. The van der Waals surface area contributed by atoms with E-state index in [4.69, 9.17) is 0 Å². The molecule has 1 amide bonds. The lowest BCUT2D eigenvalue weighted by atomic mass is 10.3. The second kappa shape index (κ2) is 4.57. The fraction of sp³-hybridized carbons (Fsp3) is 0.500. The molecule has 1 saturated heterocycles. The first kappa shape index (κ1) is 9.68. The predicted octanol–water partition coefficient (Wildman–Crippen LogP) is 1.07. The fourth-order valence-corrected chi connectivity index (χ4v) is 2.26. The quantitative estimate of drug-likeness (QED) is 0.792. The zero-order valence-electron chi connectivity index (χ0n) is 8.03. The number of hydrogen-bond acceptors (Lipinski definition) is 3. The molecule has 1 N–H and O–H groups in total. The maximum Gasteiger partial charge on any atom is 0.236 e. The molecule has 1 fully saturated rings. The number of thiophene rings is 1. The summed E-state index contributed by atoms with van der Waals surface area (Å²) >= 11 is 1.68. The smallest absolute Gasteiger partial charge is 0.236 e. The summed E-state index contributed by atoms with van der Waals surface area (Å²) in [5.74, 6) is 0.216. The van der Waals surface area contributed by atoms with Gasteiger partial charge in [-0.3, -0.25) is 4.79 Å². The molecule has 0 bridgehead atoms. The van der Waals surface area contributed by atoms with Crippen molar-refractivity contribution in [1.29, 1.82) is 0 Å². The first-order valence-electron chi connectivity index (χ1n) is 4.86. The van der Waals surface area contributed by atoms with E-state index in [0.29, 0.717) is 6.54 Å². The Morgan fingerprint density at radius 3 is 3.29 bits per heavy atom. The van der Waals surface area contributed by atoms with E-state index >= 15 is 0 Å². The Morgan fingerprint density at radius 1 is 1.57 bits per heavy atom. The van der Waals surface area contributed by atoms with Crippen LogP contribution in [0, 0.1) is 0 Å². The lowest BCUT2D eigenvalue weighted by Gasteiger charge is -2.19. The van der Waals surface area contributed by atoms with E-state index in [1.165, 1.54) is 5.56 Å². The summed E-state index contributed by atoms with van der Waals surface area (Å²) in [6.07, 6.45) is 1.05. The molecule has 1 aromatic rings. The van der Waals surface area contributed by atoms with Gasteiger partial charge in [-0.05, 0) is 35.4 Å². The van der Waals surface area contributed by atoms with E-state index in [2.05, 4.69) is 22.1 Å². The number of nitrogens with one attached hydrogen (secondary N) is 1. The number of rotatable bonds is 2. The molecule has 0 spiro atoms. The van der Waals surface area contributed by atoms with E-state index in [1.54, 1.807) is 11.3 Å². The molecule has 0 saturated carbocycles. The van der Waals surface area contributed by atoms with Crippen LogP contribution in [-0.4, -0.2) is 30.4 Å². The molecule has 0 atom stereocenters. The average Bonchev–Trinajstić information content (AvgIpc) is 2.60. The molecule has 4 heteroatoms. The average molecular weight is 210 g/mol. The third kappa shape index (κ3) is 2.33. The van der Waals surface area contributed by atoms with Crippen LogP contribution >= 0.6 is 11.3 Å². The maximum absolute atomic E-state index is 11.6. The zero-order chi connectivity index (χ0) is 9.80. The van der Waals surface area contributed by atoms with Gasteiger partial charge < -0.3 is 10.2 Å². The molecule has 1 aromatic heterocycles. The summed E-state index contributed by atoms with van der Waals surface area (Å²) < 4.78 is 0. The Balaban J connectivity index is 1.98. The van der Waals surface area contributed by atoms with Crippen LogP contribution in [-0.2, 0) is 11.3 Å². The Labute approximate surface area is 87.7 Å². The summed E-state index contributed by atoms with van der Waals surface area (Å²) in [4.78, 5) is 13.5. The van der Waals surface area contributed by atoms with Gasteiger partial charge in [0, 0.05) is 13.1 Å². The van der Waals surface area contributed by atoms with Gasteiger partial charge in [-0.15, -0.1) is 0 Å². The van der Waals surface area contributed by atoms with Gasteiger partial charge in [0.1, 0.15) is 0 Å². The van der Waals surface area contributed by atoms with Gasteiger partial charge in [-0.2, -0.15) is 11.3 Å². The third-order valence-corrected chi connectivity index (χ3v) is 3.10. The first-order chi connectivity index (χ1) is 6.86. The van der Waals surface area contributed by atoms with Gasteiger partial charge in [-0.25, -0.2) is 0 Å². The molecule has 76 valence electrons. The number of carbonyl (C=O) groups is 1. The largest absolute Gasteiger partial charge is 0.337 e. The molecule has 1 aliphatic heterocycles. The Hall–Kier alpha value is -0.870. The molecular weight excluding hydrogens is 196 g/mol. The second-order valence-electron chi connectivity index (χ2n) is 3.48. The molecule has 0 unspecified atom stereocenters. The van der Waals surface area contributed by atoms with Crippen molar-refractivity contribution in [1.82, 2.24) is 10.2 Å². The van der Waals surface area contributed by atoms with Crippen molar-refractivity contribution in [2.24, 2.45) is 0 Å². The lowest BCUT2D eigenvalue weighted by Crippen LogP contribution is -2.34. The third-order valence-electron chi connectivity index (χ3n) is 2.36. The second-order valence-corrected chi connectivity index (χ2v) is 4.26. The standard InChI is InChI=1S/C10H14N2OS/c13-10-6-11-3-1-4-12(10)7-9-2-5-14-8-9/h2,5,8,11H,1,3-4,6-7H2. The van der Waals surface area contributed by atoms with Crippen molar-refractivity contribution in [2.45, 2.75) is 13.0 Å². The zero-order valence-corrected chi connectivity index (χ0v) is 8.85. The van der Waals surface area contributed by atoms with Crippen LogP contribution in [0.5, 0.6) is 0 Å². The van der Waals surface area contributed by atoms with E-state index < -0.39 is 0 Å². The SMILES string of the molecule is O=C1CNCCCN1Cc1ccsc1. The van der Waals surface area contributed by atoms with Crippen molar-refractivity contribution >= 4 is 17.2 Å². The summed E-state index contributed by atoms with van der Waals surface area (Å²) in [5.41, 5.74) is 1.24. The molecule has 1 aliphatic rings. The maximum atomic E-state index is 11.6. The number of hydrogen-bond donors (Lipinski definition) is 1. The molecule has 0 aromatic carbocycles. The summed E-state index contributed by atoms with van der Waals surface area (Å²) in [6, 6.07) is 2.08. The number of carbonyl (C=O) groups excluding carboxylic acids is 1. The van der Waals surface area contributed by atoms with E-state index in [1.807, 2.05) is 4.90 Å². The normalized spacial score (nSPS) is 18.3. The van der Waals surface area contributed by atoms with Gasteiger partial charge in [0.25, 0.3) is 0 Å². The van der Waals surface area contributed by atoms with Gasteiger partial charge in [0.05, 0.1) is 6.54 Å². The highest BCUT2D eigenvalue weighted by molar-refractivity contribution is 7.07. The molecule has 0 radical (unpaired) electrons. The van der Waals surface area contributed by atoms with Crippen LogP contribution in [0.15, 0.2) is 16.8 Å². The van der Waals surface area contributed by atoms with E-state index in [-0.39, 0.29) is 5.91 Å². The van der Waals surface area contributed by atoms with Gasteiger partial charge in [-0.1, -0.05) is 0 Å². The van der Waals surface area contributed by atoms with Crippen LogP contribution in [0.3, 0.4) is 0 Å². The lowest BCUT2D eigenvalue weighted by molar-refractivity contribution is -0.130. The molecular formula is C10H14N2OS. The van der Waals surface area contributed by atoms with Gasteiger partial charge in [0.2, 0.25) is 5.91 Å². The van der Waals surface area contributed by atoms with E-state index in [9.17, 15) is 4.79 Å². The van der Waals surface area contributed by atoms with Crippen LogP contribution in [0.2, 0.25) is 0 Å². The van der Waals surface area contributed by atoms with Gasteiger partial charge >= 0.3 is 0 Å². The van der Waals surface area contributed by atoms with Crippen LogP contribution in [0.1, 0.15) is 12.0 Å². The summed E-state index contributed by atoms with van der Waals surface area (Å²) in [5, 5.41) is 7.27. The Bertz CT molecular complexity index is 297. The Kier molecular flexibility index (Phi) is 3.16. The van der Waals surface area contributed by atoms with Crippen molar-refractivity contribution in [3.8, 4) is 0 Å². The summed E-state index contributed by atoms with van der Waals surface area (Å²) in [7, 11) is 0. The molecule has 2 rings (SSSR count). The topological polar surface area (TPSA) is 32.3 Å². The van der Waals surface area contributed by atoms with Crippen LogP contribution in [0.4, 0.5) is 0 Å². The molecule has 3 nitrogen and oxygen atoms in total. The predicted molar refractivity (Wildman–Crippen MR) is 57.2 cm³/mol. The molecule has 2 heterocycles. The minimum absolute atomic E-state index is 0.216. The van der Waals surface area contributed by atoms with Crippen molar-refractivity contribution < 1.29 is 4.79 Å². The van der Waals surface area contributed by atoms with Crippen molar-refractivity contribution in [3.05, 3.63) is 22.4 Å². The van der Waals surface area contributed by atoms with Crippen molar-refractivity contribution in [2.75, 3.05) is 19.6 Å². The van der Waals surface area contributed by atoms with E-state index in [0.717, 1.165) is 26.1 Å². The highest BCUT2D eigenvalue weighted by Gasteiger charge is 2.15. The summed E-state index contributed by atoms with van der Waals surface area (Å²) in [6.45, 7) is 3.09. The Morgan fingerprint density at radius 2 is 2.50 bits per heavy atom. The first-order valence-corrected chi connectivity index (χ1v) is 5.80. The van der Waals surface area contributed by atoms with Gasteiger partial charge in [0.15, 0.2) is 0 Å². The fourth-order valence-electron chi connectivity index (χ4n) is 1.60.